The normalized spacial score (nSPS) is 10.6. The van der Waals surface area contributed by atoms with Gasteiger partial charge < -0.3 is 15.0 Å². The molecule has 0 aromatic heterocycles. The molecule has 0 aliphatic rings. The minimum absolute atomic E-state index is 0.228. The third kappa shape index (κ3) is 4.90. The van der Waals surface area contributed by atoms with E-state index >= 15 is 0 Å². The number of ether oxygens (including phenoxy) is 1. The molecule has 0 saturated carbocycles. The zero-order chi connectivity index (χ0) is 14.4. The van der Waals surface area contributed by atoms with Crippen molar-refractivity contribution >= 4 is 29.1 Å². The lowest BCUT2D eigenvalue weighted by atomic mass is 10.2. The van der Waals surface area contributed by atoms with Gasteiger partial charge in [-0.3, -0.25) is 4.79 Å². The lowest BCUT2D eigenvalue weighted by Crippen LogP contribution is -2.27. The van der Waals surface area contributed by atoms with Crippen LogP contribution < -0.4 is 10.1 Å². The van der Waals surface area contributed by atoms with Gasteiger partial charge in [0.1, 0.15) is 5.75 Å². The summed E-state index contributed by atoms with van der Waals surface area (Å²) in [5.74, 6) is 0.226. The molecule has 0 radical (unpaired) electrons. The molecule has 1 aromatic rings. The van der Waals surface area contributed by atoms with Crippen LogP contribution in [0.2, 0.25) is 10.0 Å². The van der Waals surface area contributed by atoms with Crippen molar-refractivity contribution in [3.8, 4) is 5.75 Å². The monoisotopic (exact) mass is 304 g/mol. The maximum atomic E-state index is 12.0. The SMILES string of the molecule is COc1cc(Cl)c(C(=O)NCCCN(C)C)cc1Cl. The van der Waals surface area contributed by atoms with Gasteiger partial charge in [-0.25, -0.2) is 0 Å². The lowest BCUT2D eigenvalue weighted by Gasteiger charge is -2.11. The van der Waals surface area contributed by atoms with Gasteiger partial charge in [0, 0.05) is 12.6 Å². The summed E-state index contributed by atoms with van der Waals surface area (Å²) in [6.07, 6.45) is 0.875. The van der Waals surface area contributed by atoms with Crippen LogP contribution in [-0.4, -0.2) is 45.1 Å². The Bertz CT molecular complexity index is 451. The van der Waals surface area contributed by atoms with Crippen molar-refractivity contribution in [2.75, 3.05) is 34.3 Å². The molecule has 1 rings (SSSR count). The van der Waals surface area contributed by atoms with Gasteiger partial charge in [-0.2, -0.15) is 0 Å². The standard InChI is InChI=1S/C13H18Cl2N2O2/c1-17(2)6-4-5-16-13(18)9-7-11(15)12(19-3)8-10(9)14/h7-8H,4-6H2,1-3H3,(H,16,18). The van der Waals surface area contributed by atoms with Gasteiger partial charge in [0.25, 0.3) is 5.91 Å². The molecule has 19 heavy (non-hydrogen) atoms. The second-order valence-electron chi connectivity index (χ2n) is 4.38. The van der Waals surface area contributed by atoms with E-state index in [0.29, 0.717) is 27.9 Å². The van der Waals surface area contributed by atoms with E-state index in [0.717, 1.165) is 13.0 Å². The van der Waals surface area contributed by atoms with Crippen LogP contribution in [0.4, 0.5) is 0 Å². The molecule has 1 amide bonds. The summed E-state index contributed by atoms with van der Waals surface area (Å²) in [7, 11) is 5.47. The number of nitrogens with zero attached hydrogens (tertiary/aromatic N) is 1. The maximum Gasteiger partial charge on any atom is 0.252 e. The van der Waals surface area contributed by atoms with E-state index in [9.17, 15) is 4.79 Å². The van der Waals surface area contributed by atoms with Gasteiger partial charge in [-0.15, -0.1) is 0 Å². The molecule has 0 aliphatic carbocycles. The van der Waals surface area contributed by atoms with E-state index in [2.05, 4.69) is 10.2 Å². The zero-order valence-electron chi connectivity index (χ0n) is 11.3. The van der Waals surface area contributed by atoms with Crippen LogP contribution in [0.3, 0.4) is 0 Å². The molecule has 0 aliphatic heterocycles. The van der Waals surface area contributed by atoms with Crippen LogP contribution in [0.1, 0.15) is 16.8 Å². The number of hydrogen-bond acceptors (Lipinski definition) is 3. The smallest absolute Gasteiger partial charge is 0.252 e. The Morgan fingerprint density at radius 2 is 2.00 bits per heavy atom. The molecule has 1 N–H and O–H groups in total. The van der Waals surface area contributed by atoms with Crippen LogP contribution in [0.25, 0.3) is 0 Å². The molecule has 4 nitrogen and oxygen atoms in total. The quantitative estimate of drug-likeness (QED) is 0.822. The molecule has 0 heterocycles. The number of carbonyl (C=O) groups is 1. The first-order valence-electron chi connectivity index (χ1n) is 5.91. The molecule has 0 fully saturated rings. The molecule has 0 saturated heterocycles. The molecule has 1 aromatic carbocycles. The molecule has 106 valence electrons. The number of rotatable bonds is 6. The molecule has 0 unspecified atom stereocenters. The number of halogens is 2. The van der Waals surface area contributed by atoms with Gasteiger partial charge in [0.05, 0.1) is 22.7 Å². The third-order valence-corrected chi connectivity index (χ3v) is 3.16. The fraction of sp³-hybridized carbons (Fsp3) is 0.462. The van der Waals surface area contributed by atoms with Crippen LogP contribution in [-0.2, 0) is 0 Å². The van der Waals surface area contributed by atoms with Crippen molar-refractivity contribution in [3.05, 3.63) is 27.7 Å². The second kappa shape index (κ2) is 7.58. The number of carbonyl (C=O) groups excluding carboxylic acids is 1. The first-order chi connectivity index (χ1) is 8.95. The van der Waals surface area contributed by atoms with Crippen molar-refractivity contribution in [2.24, 2.45) is 0 Å². The summed E-state index contributed by atoms with van der Waals surface area (Å²) in [6, 6.07) is 3.06. The maximum absolute atomic E-state index is 12.0. The molecular weight excluding hydrogens is 287 g/mol. The van der Waals surface area contributed by atoms with Crippen LogP contribution in [0, 0.1) is 0 Å². The Labute approximate surface area is 123 Å². The highest BCUT2D eigenvalue weighted by molar-refractivity contribution is 6.36. The van der Waals surface area contributed by atoms with Crippen LogP contribution in [0.5, 0.6) is 5.75 Å². The summed E-state index contributed by atoms with van der Waals surface area (Å²) in [5.41, 5.74) is 0.359. The zero-order valence-corrected chi connectivity index (χ0v) is 12.8. The van der Waals surface area contributed by atoms with E-state index < -0.39 is 0 Å². The Kier molecular flexibility index (Phi) is 6.42. The van der Waals surface area contributed by atoms with Crippen LogP contribution >= 0.6 is 23.2 Å². The van der Waals surface area contributed by atoms with E-state index in [4.69, 9.17) is 27.9 Å². The lowest BCUT2D eigenvalue weighted by molar-refractivity contribution is 0.0952. The van der Waals surface area contributed by atoms with E-state index in [1.165, 1.54) is 13.2 Å². The molecule has 0 atom stereocenters. The summed E-state index contributed by atoms with van der Waals surface area (Å²) in [5, 5.41) is 3.50. The van der Waals surface area contributed by atoms with Crippen molar-refractivity contribution in [1.82, 2.24) is 10.2 Å². The van der Waals surface area contributed by atoms with Crippen molar-refractivity contribution in [3.63, 3.8) is 0 Å². The Balaban J connectivity index is 2.64. The Hall–Kier alpha value is -0.970. The Morgan fingerprint density at radius 1 is 1.32 bits per heavy atom. The molecule has 6 heteroatoms. The highest BCUT2D eigenvalue weighted by Crippen LogP contribution is 2.30. The highest BCUT2D eigenvalue weighted by Gasteiger charge is 2.13. The number of nitrogens with one attached hydrogen (secondary N) is 1. The molecule has 0 bridgehead atoms. The molecule has 0 spiro atoms. The minimum atomic E-state index is -0.228. The minimum Gasteiger partial charge on any atom is -0.495 e. The van der Waals surface area contributed by atoms with Crippen molar-refractivity contribution < 1.29 is 9.53 Å². The summed E-state index contributed by atoms with van der Waals surface area (Å²) in [4.78, 5) is 14.0. The number of hydrogen-bond donors (Lipinski definition) is 1. The fourth-order valence-electron chi connectivity index (χ4n) is 1.55. The van der Waals surface area contributed by atoms with Gasteiger partial charge in [0.15, 0.2) is 0 Å². The average Bonchev–Trinajstić information content (AvgIpc) is 2.36. The largest absolute Gasteiger partial charge is 0.495 e. The van der Waals surface area contributed by atoms with E-state index in [1.807, 2.05) is 14.1 Å². The first kappa shape index (κ1) is 16.1. The Morgan fingerprint density at radius 3 is 2.58 bits per heavy atom. The summed E-state index contributed by atoms with van der Waals surface area (Å²) >= 11 is 12.0. The summed E-state index contributed by atoms with van der Waals surface area (Å²) < 4.78 is 5.03. The van der Waals surface area contributed by atoms with Gasteiger partial charge >= 0.3 is 0 Å². The van der Waals surface area contributed by atoms with Gasteiger partial charge in [-0.1, -0.05) is 23.2 Å². The number of benzene rings is 1. The highest BCUT2D eigenvalue weighted by atomic mass is 35.5. The molecular formula is C13H18Cl2N2O2. The predicted octanol–water partition coefficient (Wildman–Crippen LogP) is 2.68. The number of amides is 1. The van der Waals surface area contributed by atoms with Gasteiger partial charge in [-0.05, 0) is 33.1 Å². The summed E-state index contributed by atoms with van der Waals surface area (Å²) in [6.45, 7) is 1.51. The first-order valence-corrected chi connectivity index (χ1v) is 6.67. The number of methoxy groups -OCH3 is 1. The topological polar surface area (TPSA) is 41.6 Å². The third-order valence-electron chi connectivity index (χ3n) is 2.55. The van der Waals surface area contributed by atoms with E-state index in [1.54, 1.807) is 6.07 Å². The van der Waals surface area contributed by atoms with Crippen molar-refractivity contribution in [1.29, 1.82) is 0 Å². The van der Waals surface area contributed by atoms with Gasteiger partial charge in [0.2, 0.25) is 0 Å². The second-order valence-corrected chi connectivity index (χ2v) is 5.19. The van der Waals surface area contributed by atoms with Crippen LogP contribution in [0.15, 0.2) is 12.1 Å². The predicted molar refractivity (Wildman–Crippen MR) is 78.5 cm³/mol. The van der Waals surface area contributed by atoms with E-state index in [-0.39, 0.29) is 5.91 Å². The van der Waals surface area contributed by atoms with Crippen molar-refractivity contribution in [2.45, 2.75) is 6.42 Å². The average molecular weight is 305 g/mol. The fourth-order valence-corrected chi connectivity index (χ4v) is 2.03.